The van der Waals surface area contributed by atoms with Crippen molar-refractivity contribution in [3.8, 4) is 0 Å². The lowest BCUT2D eigenvalue weighted by Crippen LogP contribution is -2.40. The molecule has 0 fully saturated rings. The molecule has 0 aliphatic heterocycles. The minimum Gasteiger partial charge on any atom is -0.348 e. The second-order valence-electron chi connectivity index (χ2n) is 3.82. The van der Waals surface area contributed by atoms with Crippen LogP contribution in [-0.2, 0) is 0 Å². The Bertz CT molecular complexity index is 398. The van der Waals surface area contributed by atoms with E-state index in [1.165, 1.54) is 18.2 Å². The van der Waals surface area contributed by atoms with Gasteiger partial charge in [-0.15, -0.1) is 0 Å². The number of rotatable bonds is 5. The van der Waals surface area contributed by atoms with Crippen molar-refractivity contribution in [3.63, 3.8) is 0 Å². The first-order valence-corrected chi connectivity index (χ1v) is 5.92. The zero-order valence-corrected chi connectivity index (χ0v) is 10.4. The van der Waals surface area contributed by atoms with E-state index >= 15 is 0 Å². The Morgan fingerprint density at radius 3 is 2.82 bits per heavy atom. The van der Waals surface area contributed by atoms with Gasteiger partial charge in [0, 0.05) is 18.2 Å². The summed E-state index contributed by atoms with van der Waals surface area (Å²) in [5.74, 6) is -0.817. The van der Waals surface area contributed by atoms with Crippen LogP contribution < -0.4 is 11.1 Å². The first-order valence-electron chi connectivity index (χ1n) is 5.54. The second-order valence-corrected chi connectivity index (χ2v) is 4.23. The molecule has 0 bridgehead atoms. The van der Waals surface area contributed by atoms with E-state index in [1.54, 1.807) is 0 Å². The first kappa shape index (κ1) is 13.9. The number of carbonyl (C=O) groups is 1. The summed E-state index contributed by atoms with van der Waals surface area (Å²) in [6.45, 7) is 2.40. The predicted molar refractivity (Wildman–Crippen MR) is 66.6 cm³/mol. The SMILES string of the molecule is CCCC(CN)NC(=O)c1ccc(F)c(Cl)c1. The van der Waals surface area contributed by atoms with Crippen LogP contribution in [0.5, 0.6) is 0 Å². The first-order chi connectivity index (χ1) is 8.08. The maximum atomic E-state index is 12.9. The molecule has 5 heteroatoms. The van der Waals surface area contributed by atoms with E-state index in [1.807, 2.05) is 6.92 Å². The Balaban J connectivity index is 2.72. The lowest BCUT2D eigenvalue weighted by Gasteiger charge is -2.15. The van der Waals surface area contributed by atoms with Crippen LogP contribution in [-0.4, -0.2) is 18.5 Å². The van der Waals surface area contributed by atoms with Gasteiger partial charge < -0.3 is 11.1 Å². The number of benzene rings is 1. The summed E-state index contributed by atoms with van der Waals surface area (Å²) in [5, 5.41) is 2.73. The molecule has 0 radical (unpaired) electrons. The summed E-state index contributed by atoms with van der Waals surface area (Å²) in [6, 6.07) is 3.83. The molecule has 0 saturated heterocycles. The number of carbonyl (C=O) groups excluding carboxylic acids is 1. The van der Waals surface area contributed by atoms with E-state index in [0.717, 1.165) is 12.8 Å². The summed E-state index contributed by atoms with van der Waals surface area (Å²) < 4.78 is 12.9. The molecular weight excluding hydrogens is 243 g/mol. The molecule has 3 N–H and O–H groups in total. The Morgan fingerprint density at radius 1 is 1.59 bits per heavy atom. The smallest absolute Gasteiger partial charge is 0.251 e. The van der Waals surface area contributed by atoms with Gasteiger partial charge in [-0.2, -0.15) is 0 Å². The molecule has 0 heterocycles. The lowest BCUT2D eigenvalue weighted by atomic mass is 10.1. The monoisotopic (exact) mass is 258 g/mol. The Hall–Kier alpha value is -1.13. The molecule has 0 spiro atoms. The van der Waals surface area contributed by atoms with Gasteiger partial charge in [-0.1, -0.05) is 24.9 Å². The van der Waals surface area contributed by atoms with Gasteiger partial charge in [-0.05, 0) is 24.6 Å². The molecule has 0 aromatic heterocycles. The van der Waals surface area contributed by atoms with Crippen LogP contribution in [0.3, 0.4) is 0 Å². The van der Waals surface area contributed by atoms with Gasteiger partial charge in [0.05, 0.1) is 5.02 Å². The number of halogens is 2. The maximum absolute atomic E-state index is 12.9. The van der Waals surface area contributed by atoms with E-state index in [2.05, 4.69) is 5.32 Å². The summed E-state index contributed by atoms with van der Waals surface area (Å²) in [6.07, 6.45) is 1.75. The number of nitrogens with one attached hydrogen (secondary N) is 1. The van der Waals surface area contributed by atoms with Crippen LogP contribution in [0.1, 0.15) is 30.1 Å². The van der Waals surface area contributed by atoms with Gasteiger partial charge in [0.2, 0.25) is 0 Å². The Labute approximate surface area is 105 Å². The largest absolute Gasteiger partial charge is 0.348 e. The molecule has 0 aliphatic rings. The fourth-order valence-electron chi connectivity index (χ4n) is 1.50. The highest BCUT2D eigenvalue weighted by Crippen LogP contribution is 2.16. The zero-order valence-electron chi connectivity index (χ0n) is 9.67. The van der Waals surface area contributed by atoms with Crippen molar-refractivity contribution in [2.45, 2.75) is 25.8 Å². The molecule has 1 rings (SSSR count). The topological polar surface area (TPSA) is 55.1 Å². The van der Waals surface area contributed by atoms with Crippen molar-refractivity contribution >= 4 is 17.5 Å². The average molecular weight is 259 g/mol. The van der Waals surface area contributed by atoms with Gasteiger partial charge in [-0.25, -0.2) is 4.39 Å². The van der Waals surface area contributed by atoms with E-state index in [-0.39, 0.29) is 17.0 Å². The summed E-state index contributed by atoms with van der Waals surface area (Å²) in [5.41, 5.74) is 5.88. The van der Waals surface area contributed by atoms with Crippen molar-refractivity contribution in [2.24, 2.45) is 5.73 Å². The molecule has 0 saturated carbocycles. The highest BCUT2D eigenvalue weighted by atomic mass is 35.5. The molecule has 1 aromatic carbocycles. The van der Waals surface area contributed by atoms with Crippen molar-refractivity contribution in [1.82, 2.24) is 5.32 Å². The second kappa shape index (κ2) is 6.57. The minimum atomic E-state index is -0.535. The summed E-state index contributed by atoms with van der Waals surface area (Å²) >= 11 is 5.61. The predicted octanol–water partition coefficient (Wildman–Crippen LogP) is 2.34. The fraction of sp³-hybridized carbons (Fsp3) is 0.417. The Morgan fingerprint density at radius 2 is 2.29 bits per heavy atom. The van der Waals surface area contributed by atoms with E-state index in [4.69, 9.17) is 17.3 Å². The van der Waals surface area contributed by atoms with E-state index < -0.39 is 5.82 Å². The zero-order chi connectivity index (χ0) is 12.8. The van der Waals surface area contributed by atoms with Gasteiger partial charge in [0.25, 0.3) is 5.91 Å². The fourth-order valence-corrected chi connectivity index (χ4v) is 1.68. The number of amides is 1. The summed E-state index contributed by atoms with van der Waals surface area (Å²) in [4.78, 5) is 11.8. The van der Waals surface area contributed by atoms with Crippen LogP contribution in [0.25, 0.3) is 0 Å². The standard InChI is InChI=1S/C12H16ClFN2O/c1-2-3-9(7-15)16-12(17)8-4-5-11(14)10(13)6-8/h4-6,9H,2-3,7,15H2,1H3,(H,16,17). The molecule has 0 aliphatic carbocycles. The molecule has 1 unspecified atom stereocenters. The van der Waals surface area contributed by atoms with Gasteiger partial charge in [0.1, 0.15) is 5.82 Å². The maximum Gasteiger partial charge on any atom is 0.251 e. The van der Waals surface area contributed by atoms with Crippen LogP contribution in [0.15, 0.2) is 18.2 Å². The molecule has 1 aromatic rings. The summed E-state index contributed by atoms with van der Waals surface area (Å²) in [7, 11) is 0. The highest BCUT2D eigenvalue weighted by molar-refractivity contribution is 6.31. The number of hydrogen-bond acceptors (Lipinski definition) is 2. The molecule has 94 valence electrons. The Kier molecular flexibility index (Phi) is 5.38. The van der Waals surface area contributed by atoms with Gasteiger partial charge >= 0.3 is 0 Å². The quantitative estimate of drug-likeness (QED) is 0.852. The molecule has 1 atom stereocenters. The van der Waals surface area contributed by atoms with Crippen molar-refractivity contribution in [2.75, 3.05) is 6.54 Å². The molecular formula is C12H16ClFN2O. The van der Waals surface area contributed by atoms with Crippen molar-refractivity contribution in [1.29, 1.82) is 0 Å². The average Bonchev–Trinajstić information content (AvgIpc) is 2.31. The molecule has 1 amide bonds. The number of hydrogen-bond donors (Lipinski definition) is 2. The minimum absolute atomic E-state index is 0.0579. The number of nitrogens with two attached hydrogens (primary N) is 1. The lowest BCUT2D eigenvalue weighted by molar-refractivity contribution is 0.0936. The van der Waals surface area contributed by atoms with Crippen LogP contribution in [0.4, 0.5) is 4.39 Å². The van der Waals surface area contributed by atoms with Crippen LogP contribution in [0.2, 0.25) is 5.02 Å². The van der Waals surface area contributed by atoms with E-state index in [0.29, 0.717) is 12.1 Å². The van der Waals surface area contributed by atoms with Crippen molar-refractivity contribution < 1.29 is 9.18 Å². The van der Waals surface area contributed by atoms with Crippen LogP contribution >= 0.6 is 11.6 Å². The van der Waals surface area contributed by atoms with E-state index in [9.17, 15) is 9.18 Å². The third kappa shape index (κ3) is 3.98. The third-order valence-corrected chi connectivity index (χ3v) is 2.73. The van der Waals surface area contributed by atoms with Crippen molar-refractivity contribution in [3.05, 3.63) is 34.6 Å². The van der Waals surface area contributed by atoms with Crippen LogP contribution in [0, 0.1) is 5.82 Å². The van der Waals surface area contributed by atoms with Gasteiger partial charge in [0.15, 0.2) is 0 Å². The molecule has 3 nitrogen and oxygen atoms in total. The third-order valence-electron chi connectivity index (χ3n) is 2.44. The highest BCUT2D eigenvalue weighted by Gasteiger charge is 2.12. The van der Waals surface area contributed by atoms with Gasteiger partial charge in [-0.3, -0.25) is 4.79 Å². The molecule has 17 heavy (non-hydrogen) atoms. The normalized spacial score (nSPS) is 12.2.